The Balaban J connectivity index is 1.63. The Labute approximate surface area is 150 Å². The van der Waals surface area contributed by atoms with Crippen molar-refractivity contribution in [3.05, 3.63) is 35.9 Å². The molecule has 3 amide bonds. The lowest BCUT2D eigenvalue weighted by Crippen LogP contribution is -2.54. The first-order valence-corrected chi connectivity index (χ1v) is 9.47. The van der Waals surface area contributed by atoms with Crippen LogP contribution in [0, 0.1) is 5.41 Å². The number of amides is 3. The van der Waals surface area contributed by atoms with E-state index < -0.39 is 12.1 Å². The number of rotatable bonds is 4. The minimum absolute atomic E-state index is 0.00619. The number of nitrogens with zero attached hydrogens (tertiary/aromatic N) is 1. The van der Waals surface area contributed by atoms with Crippen molar-refractivity contribution < 1.29 is 9.59 Å². The number of carbonyl (C=O) groups is 2. The van der Waals surface area contributed by atoms with Crippen molar-refractivity contribution in [3.63, 3.8) is 0 Å². The predicted molar refractivity (Wildman–Crippen MR) is 98.0 cm³/mol. The van der Waals surface area contributed by atoms with Crippen LogP contribution in [-0.4, -0.2) is 36.0 Å². The molecule has 1 saturated carbocycles. The van der Waals surface area contributed by atoms with Gasteiger partial charge in [-0.25, -0.2) is 4.79 Å². The summed E-state index contributed by atoms with van der Waals surface area (Å²) in [7, 11) is 0. The van der Waals surface area contributed by atoms with Crippen LogP contribution in [0.4, 0.5) is 4.79 Å². The van der Waals surface area contributed by atoms with Crippen molar-refractivity contribution in [2.24, 2.45) is 11.1 Å². The van der Waals surface area contributed by atoms with Gasteiger partial charge in [-0.1, -0.05) is 49.6 Å². The van der Waals surface area contributed by atoms with E-state index in [0.717, 1.165) is 31.5 Å². The monoisotopic (exact) mass is 343 g/mol. The molecule has 2 fully saturated rings. The average Bonchev–Trinajstić information content (AvgIpc) is 2.62. The Morgan fingerprint density at radius 1 is 1.04 bits per heavy atom. The quantitative estimate of drug-likeness (QED) is 0.882. The van der Waals surface area contributed by atoms with Gasteiger partial charge in [0.2, 0.25) is 5.91 Å². The van der Waals surface area contributed by atoms with Crippen LogP contribution in [0.5, 0.6) is 0 Å². The second-order valence-electron chi connectivity index (χ2n) is 7.64. The van der Waals surface area contributed by atoms with Gasteiger partial charge >= 0.3 is 6.03 Å². The topological polar surface area (TPSA) is 75.4 Å². The molecule has 0 bridgehead atoms. The fourth-order valence-electron chi connectivity index (χ4n) is 4.45. The molecule has 136 valence electrons. The summed E-state index contributed by atoms with van der Waals surface area (Å²) in [6.45, 7) is 1.59. The van der Waals surface area contributed by atoms with Gasteiger partial charge < -0.3 is 16.0 Å². The van der Waals surface area contributed by atoms with E-state index in [2.05, 4.69) is 5.32 Å². The van der Waals surface area contributed by atoms with E-state index >= 15 is 0 Å². The van der Waals surface area contributed by atoms with Crippen molar-refractivity contribution in [1.29, 1.82) is 0 Å². The number of benzene rings is 1. The van der Waals surface area contributed by atoms with Gasteiger partial charge in [0.25, 0.3) is 0 Å². The second kappa shape index (κ2) is 7.89. The van der Waals surface area contributed by atoms with Gasteiger partial charge in [0.1, 0.15) is 6.04 Å². The standard InChI is InChI=1S/C20H29N3O2/c21-19(25)22-17(15-16-7-3-1-4-8-16)18(24)23-13-11-20(12-14-23)9-5-2-6-10-20/h1,3-4,7-8,17H,2,5-6,9-15H2,(H3,21,22,25). The minimum Gasteiger partial charge on any atom is -0.352 e. The Morgan fingerprint density at radius 2 is 1.68 bits per heavy atom. The van der Waals surface area contributed by atoms with Crippen molar-refractivity contribution >= 4 is 11.9 Å². The van der Waals surface area contributed by atoms with E-state index in [1.165, 1.54) is 32.1 Å². The highest BCUT2D eigenvalue weighted by Crippen LogP contribution is 2.44. The maximum Gasteiger partial charge on any atom is 0.312 e. The van der Waals surface area contributed by atoms with E-state index in [4.69, 9.17) is 5.73 Å². The molecule has 0 aromatic heterocycles. The maximum absolute atomic E-state index is 13.0. The van der Waals surface area contributed by atoms with E-state index in [1.54, 1.807) is 0 Å². The number of nitrogens with one attached hydrogen (secondary N) is 1. The number of hydrogen-bond acceptors (Lipinski definition) is 2. The summed E-state index contributed by atoms with van der Waals surface area (Å²) in [6, 6.07) is 8.53. The molecule has 1 aliphatic heterocycles. The maximum atomic E-state index is 13.0. The van der Waals surface area contributed by atoms with Gasteiger partial charge in [-0.2, -0.15) is 0 Å². The van der Waals surface area contributed by atoms with E-state index in [1.807, 2.05) is 35.2 Å². The van der Waals surface area contributed by atoms with E-state index in [0.29, 0.717) is 11.8 Å². The number of carbonyl (C=O) groups excluding carboxylic acids is 2. The van der Waals surface area contributed by atoms with Gasteiger partial charge in [0.05, 0.1) is 0 Å². The molecule has 1 aromatic rings. The predicted octanol–water partition coefficient (Wildman–Crippen LogP) is 2.84. The minimum atomic E-state index is -0.643. The summed E-state index contributed by atoms with van der Waals surface area (Å²) in [4.78, 5) is 26.3. The highest BCUT2D eigenvalue weighted by atomic mass is 16.2. The number of hydrogen-bond donors (Lipinski definition) is 2. The lowest BCUT2D eigenvalue weighted by molar-refractivity contribution is -0.135. The van der Waals surface area contributed by atoms with Gasteiger partial charge in [0, 0.05) is 19.5 Å². The van der Waals surface area contributed by atoms with Crippen molar-refractivity contribution in [1.82, 2.24) is 10.2 Å². The third-order valence-electron chi connectivity index (χ3n) is 5.95. The fraction of sp³-hybridized carbons (Fsp3) is 0.600. The SMILES string of the molecule is NC(=O)NC(Cc1ccccc1)C(=O)N1CCC2(CCCCC2)CC1. The molecule has 1 aromatic carbocycles. The molecular formula is C20H29N3O2. The Morgan fingerprint density at radius 3 is 2.28 bits per heavy atom. The molecule has 25 heavy (non-hydrogen) atoms. The normalized spacial score (nSPS) is 20.9. The molecule has 3 N–H and O–H groups in total. The van der Waals surface area contributed by atoms with Crippen LogP contribution in [0.25, 0.3) is 0 Å². The van der Waals surface area contributed by atoms with Crippen LogP contribution in [0.1, 0.15) is 50.5 Å². The fourth-order valence-corrected chi connectivity index (χ4v) is 4.45. The molecule has 1 unspecified atom stereocenters. The summed E-state index contributed by atoms with van der Waals surface area (Å²) in [5, 5.41) is 2.64. The third-order valence-corrected chi connectivity index (χ3v) is 5.95. The van der Waals surface area contributed by atoms with E-state index in [-0.39, 0.29) is 5.91 Å². The molecule has 1 heterocycles. The zero-order valence-electron chi connectivity index (χ0n) is 14.9. The summed E-state index contributed by atoms with van der Waals surface area (Å²) in [6.07, 6.45) is 9.28. The van der Waals surface area contributed by atoms with Gasteiger partial charge in [-0.15, -0.1) is 0 Å². The average molecular weight is 343 g/mol. The Kier molecular flexibility index (Phi) is 5.61. The van der Waals surface area contributed by atoms with Crippen LogP contribution in [-0.2, 0) is 11.2 Å². The molecular weight excluding hydrogens is 314 g/mol. The largest absolute Gasteiger partial charge is 0.352 e. The Hall–Kier alpha value is -2.04. The molecule has 0 radical (unpaired) electrons. The first-order valence-electron chi connectivity index (χ1n) is 9.47. The van der Waals surface area contributed by atoms with Crippen molar-refractivity contribution in [2.45, 2.75) is 57.4 Å². The number of piperidine rings is 1. The molecule has 2 aliphatic rings. The second-order valence-corrected chi connectivity index (χ2v) is 7.64. The smallest absolute Gasteiger partial charge is 0.312 e. The summed E-state index contributed by atoms with van der Waals surface area (Å²) < 4.78 is 0. The van der Waals surface area contributed by atoms with Crippen LogP contribution in [0.15, 0.2) is 30.3 Å². The van der Waals surface area contributed by atoms with Crippen molar-refractivity contribution in [3.8, 4) is 0 Å². The third kappa shape index (κ3) is 4.53. The number of urea groups is 1. The lowest BCUT2D eigenvalue weighted by Gasteiger charge is -2.45. The molecule has 3 rings (SSSR count). The highest BCUT2D eigenvalue weighted by Gasteiger charge is 2.38. The first kappa shape index (κ1) is 17.8. The number of likely N-dealkylation sites (tertiary alicyclic amines) is 1. The lowest BCUT2D eigenvalue weighted by atomic mass is 9.68. The molecule has 1 saturated heterocycles. The molecule has 5 heteroatoms. The molecule has 5 nitrogen and oxygen atoms in total. The van der Waals surface area contributed by atoms with Crippen LogP contribution < -0.4 is 11.1 Å². The molecule has 1 aliphatic carbocycles. The zero-order chi connectivity index (χ0) is 17.7. The number of nitrogens with two attached hydrogens (primary N) is 1. The summed E-state index contributed by atoms with van der Waals surface area (Å²) in [5.41, 5.74) is 6.79. The van der Waals surface area contributed by atoms with Crippen LogP contribution in [0.3, 0.4) is 0 Å². The highest BCUT2D eigenvalue weighted by molar-refractivity contribution is 5.87. The molecule has 1 atom stereocenters. The zero-order valence-corrected chi connectivity index (χ0v) is 14.9. The van der Waals surface area contributed by atoms with Gasteiger partial charge in [-0.05, 0) is 36.7 Å². The van der Waals surface area contributed by atoms with E-state index in [9.17, 15) is 9.59 Å². The number of primary amides is 1. The summed E-state index contributed by atoms with van der Waals surface area (Å²) in [5.74, 6) is -0.00619. The van der Waals surface area contributed by atoms with Crippen LogP contribution in [0.2, 0.25) is 0 Å². The van der Waals surface area contributed by atoms with Crippen molar-refractivity contribution in [2.75, 3.05) is 13.1 Å². The first-order chi connectivity index (χ1) is 12.1. The van der Waals surface area contributed by atoms with Gasteiger partial charge in [-0.3, -0.25) is 4.79 Å². The van der Waals surface area contributed by atoms with Crippen LogP contribution >= 0.6 is 0 Å². The van der Waals surface area contributed by atoms with Gasteiger partial charge in [0.15, 0.2) is 0 Å². The Bertz CT molecular complexity index is 586. The molecule has 1 spiro atoms. The summed E-state index contributed by atoms with van der Waals surface area (Å²) >= 11 is 0.